The van der Waals surface area contributed by atoms with Crippen molar-refractivity contribution in [2.24, 2.45) is 0 Å². The molecule has 98 valence electrons. The second-order valence-corrected chi connectivity index (χ2v) is 5.21. The summed E-state index contributed by atoms with van der Waals surface area (Å²) in [6.45, 7) is 7.17. The second kappa shape index (κ2) is 5.43. The number of anilines is 1. The fraction of sp³-hybridized carbons (Fsp3) is 0.545. The summed E-state index contributed by atoms with van der Waals surface area (Å²) < 4.78 is 4.06. The number of nitrogens with two attached hydrogens (primary N) is 1. The lowest BCUT2D eigenvalue weighted by Gasteiger charge is -2.11. The Labute approximate surface area is 111 Å². The van der Waals surface area contributed by atoms with E-state index >= 15 is 0 Å². The van der Waals surface area contributed by atoms with Gasteiger partial charge in [-0.15, -0.1) is 10.2 Å². The molecule has 2 N–H and O–H groups in total. The van der Waals surface area contributed by atoms with Crippen LogP contribution in [0.2, 0.25) is 0 Å². The van der Waals surface area contributed by atoms with E-state index in [1.54, 1.807) is 11.8 Å². The maximum absolute atomic E-state index is 5.81. The third-order valence-corrected chi connectivity index (χ3v) is 3.67. The Morgan fingerprint density at radius 2 is 2.17 bits per heavy atom. The Bertz CT molecular complexity index is 515. The zero-order valence-electron chi connectivity index (χ0n) is 10.9. The van der Waals surface area contributed by atoms with Gasteiger partial charge in [0.1, 0.15) is 0 Å². The molecule has 2 aromatic rings. The highest BCUT2D eigenvalue weighted by atomic mass is 32.2. The predicted molar refractivity (Wildman–Crippen MR) is 72.3 cm³/mol. The number of rotatable bonds is 5. The number of thioether (sulfide) groups is 1. The molecular weight excluding hydrogens is 248 g/mol. The standard InChI is InChI=1S/C11H18N6S/c1-4-16-7-13-5-9(16)6-18-11-15-14-10(12)17(11)8(2)3/h5,7-8H,4,6H2,1-3H3,(H2,12,14). The minimum atomic E-state index is 0.263. The summed E-state index contributed by atoms with van der Waals surface area (Å²) >= 11 is 1.63. The van der Waals surface area contributed by atoms with Gasteiger partial charge in [-0.2, -0.15) is 0 Å². The number of hydrogen-bond donors (Lipinski definition) is 1. The normalized spacial score (nSPS) is 11.3. The first-order valence-corrected chi connectivity index (χ1v) is 6.94. The number of aryl methyl sites for hydroxylation is 1. The van der Waals surface area contributed by atoms with Crippen molar-refractivity contribution in [3.05, 3.63) is 18.2 Å². The molecule has 0 radical (unpaired) electrons. The molecule has 2 heterocycles. The first-order valence-electron chi connectivity index (χ1n) is 5.95. The molecule has 18 heavy (non-hydrogen) atoms. The van der Waals surface area contributed by atoms with Gasteiger partial charge in [0.2, 0.25) is 5.95 Å². The summed E-state index contributed by atoms with van der Waals surface area (Å²) in [6, 6.07) is 0.263. The maximum Gasteiger partial charge on any atom is 0.222 e. The molecule has 2 rings (SSSR count). The lowest BCUT2D eigenvalue weighted by Crippen LogP contribution is -2.07. The topological polar surface area (TPSA) is 74.6 Å². The predicted octanol–water partition coefficient (Wildman–Crippen LogP) is 1.95. The quantitative estimate of drug-likeness (QED) is 0.837. The van der Waals surface area contributed by atoms with Gasteiger partial charge in [0, 0.05) is 30.2 Å². The van der Waals surface area contributed by atoms with E-state index in [2.05, 4.69) is 40.5 Å². The first kappa shape index (κ1) is 12.9. The van der Waals surface area contributed by atoms with Crippen molar-refractivity contribution in [2.75, 3.05) is 5.73 Å². The van der Waals surface area contributed by atoms with E-state index in [1.165, 1.54) is 5.69 Å². The van der Waals surface area contributed by atoms with Crippen LogP contribution >= 0.6 is 11.8 Å². The van der Waals surface area contributed by atoms with Crippen LogP contribution in [0, 0.1) is 0 Å². The molecule has 0 unspecified atom stereocenters. The van der Waals surface area contributed by atoms with Crippen LogP contribution < -0.4 is 5.73 Å². The lowest BCUT2D eigenvalue weighted by atomic mass is 10.4. The Kier molecular flexibility index (Phi) is 3.90. The number of aromatic nitrogens is 5. The summed E-state index contributed by atoms with van der Waals surface area (Å²) in [5.74, 6) is 1.29. The number of nitrogen functional groups attached to an aromatic ring is 1. The summed E-state index contributed by atoms with van der Waals surface area (Å²) in [5.41, 5.74) is 6.99. The van der Waals surface area contributed by atoms with Gasteiger partial charge in [0.15, 0.2) is 5.16 Å². The van der Waals surface area contributed by atoms with E-state index in [9.17, 15) is 0 Å². The Balaban J connectivity index is 2.11. The maximum atomic E-state index is 5.81. The fourth-order valence-electron chi connectivity index (χ4n) is 1.76. The highest BCUT2D eigenvalue weighted by Gasteiger charge is 2.13. The summed E-state index contributed by atoms with van der Waals surface area (Å²) in [6.07, 6.45) is 3.73. The molecule has 6 nitrogen and oxygen atoms in total. The molecule has 0 aromatic carbocycles. The van der Waals surface area contributed by atoms with Crippen LogP contribution in [0.1, 0.15) is 32.5 Å². The molecule has 0 bridgehead atoms. The van der Waals surface area contributed by atoms with Crippen LogP contribution in [0.25, 0.3) is 0 Å². The molecular formula is C11H18N6S. The summed E-state index contributed by atoms with van der Waals surface area (Å²) in [7, 11) is 0. The molecule has 0 aliphatic rings. The molecule has 0 aliphatic carbocycles. The highest BCUT2D eigenvalue weighted by molar-refractivity contribution is 7.98. The van der Waals surface area contributed by atoms with E-state index < -0.39 is 0 Å². The number of nitrogens with zero attached hydrogens (tertiary/aromatic N) is 5. The monoisotopic (exact) mass is 266 g/mol. The second-order valence-electron chi connectivity index (χ2n) is 4.26. The van der Waals surface area contributed by atoms with Gasteiger partial charge >= 0.3 is 0 Å². The van der Waals surface area contributed by atoms with E-state index in [1.807, 2.05) is 17.1 Å². The molecule has 0 spiro atoms. The largest absolute Gasteiger partial charge is 0.368 e. The summed E-state index contributed by atoms with van der Waals surface area (Å²) in [5, 5.41) is 8.89. The molecule has 0 atom stereocenters. The number of hydrogen-bond acceptors (Lipinski definition) is 5. The zero-order chi connectivity index (χ0) is 13.1. The molecule has 0 aliphatic heterocycles. The minimum absolute atomic E-state index is 0.263. The highest BCUT2D eigenvalue weighted by Crippen LogP contribution is 2.25. The van der Waals surface area contributed by atoms with Crippen molar-refractivity contribution in [1.29, 1.82) is 0 Å². The fourth-order valence-corrected chi connectivity index (χ4v) is 2.82. The van der Waals surface area contributed by atoms with Gasteiger partial charge in [-0.3, -0.25) is 4.57 Å². The van der Waals surface area contributed by atoms with E-state index in [0.717, 1.165) is 17.5 Å². The van der Waals surface area contributed by atoms with Crippen LogP contribution in [-0.2, 0) is 12.3 Å². The van der Waals surface area contributed by atoms with E-state index in [0.29, 0.717) is 5.95 Å². The van der Waals surface area contributed by atoms with Crippen molar-refractivity contribution in [1.82, 2.24) is 24.3 Å². The summed E-state index contributed by atoms with van der Waals surface area (Å²) in [4.78, 5) is 4.15. The molecule has 0 amide bonds. The zero-order valence-corrected chi connectivity index (χ0v) is 11.7. The van der Waals surface area contributed by atoms with Crippen molar-refractivity contribution >= 4 is 17.7 Å². The molecule has 0 fully saturated rings. The average molecular weight is 266 g/mol. The number of imidazole rings is 1. The van der Waals surface area contributed by atoms with Crippen LogP contribution in [0.5, 0.6) is 0 Å². The Hall–Kier alpha value is -1.50. The van der Waals surface area contributed by atoms with Crippen LogP contribution in [0.3, 0.4) is 0 Å². The van der Waals surface area contributed by atoms with Gasteiger partial charge in [0.05, 0.1) is 6.33 Å². The molecule has 2 aromatic heterocycles. The van der Waals surface area contributed by atoms with Gasteiger partial charge < -0.3 is 10.3 Å². The first-order chi connectivity index (χ1) is 8.63. The lowest BCUT2D eigenvalue weighted by molar-refractivity contribution is 0.557. The van der Waals surface area contributed by atoms with Crippen LogP contribution in [-0.4, -0.2) is 24.3 Å². The SMILES string of the molecule is CCn1cncc1CSc1nnc(N)n1C(C)C. The molecule has 0 saturated carbocycles. The smallest absolute Gasteiger partial charge is 0.222 e. The molecule has 7 heteroatoms. The van der Waals surface area contributed by atoms with Crippen LogP contribution in [0.4, 0.5) is 5.95 Å². The van der Waals surface area contributed by atoms with E-state index in [-0.39, 0.29) is 6.04 Å². The van der Waals surface area contributed by atoms with Gasteiger partial charge in [0.25, 0.3) is 0 Å². The van der Waals surface area contributed by atoms with E-state index in [4.69, 9.17) is 5.73 Å². The van der Waals surface area contributed by atoms with Crippen molar-refractivity contribution in [3.63, 3.8) is 0 Å². The van der Waals surface area contributed by atoms with Gasteiger partial charge in [-0.25, -0.2) is 4.98 Å². The third-order valence-electron chi connectivity index (χ3n) is 2.70. The molecule has 0 saturated heterocycles. The van der Waals surface area contributed by atoms with Crippen molar-refractivity contribution in [2.45, 2.75) is 44.3 Å². The Morgan fingerprint density at radius 1 is 1.39 bits per heavy atom. The van der Waals surface area contributed by atoms with Gasteiger partial charge in [-0.05, 0) is 20.8 Å². The van der Waals surface area contributed by atoms with Crippen molar-refractivity contribution in [3.8, 4) is 0 Å². The van der Waals surface area contributed by atoms with Crippen molar-refractivity contribution < 1.29 is 0 Å². The minimum Gasteiger partial charge on any atom is -0.368 e. The third kappa shape index (κ3) is 2.50. The van der Waals surface area contributed by atoms with Gasteiger partial charge in [-0.1, -0.05) is 11.8 Å². The Morgan fingerprint density at radius 3 is 2.83 bits per heavy atom. The average Bonchev–Trinajstić information content (AvgIpc) is 2.92. The van der Waals surface area contributed by atoms with Crippen LogP contribution in [0.15, 0.2) is 17.7 Å².